The number of carbonyl (C=O) groups excluding carboxylic acids is 1. The molecule has 14 heteroatoms. The summed E-state index contributed by atoms with van der Waals surface area (Å²) < 4.78 is 40.2. The van der Waals surface area contributed by atoms with Gasteiger partial charge in [-0.3, -0.25) is 24.7 Å². The second-order valence-corrected chi connectivity index (χ2v) is 11.3. The summed E-state index contributed by atoms with van der Waals surface area (Å²) in [6, 6.07) is 5.42. The number of anilines is 2. The molecule has 41 heavy (non-hydrogen) atoms. The van der Waals surface area contributed by atoms with Crippen LogP contribution in [0.1, 0.15) is 40.7 Å². The zero-order chi connectivity index (χ0) is 29.1. The van der Waals surface area contributed by atoms with Gasteiger partial charge in [0.05, 0.1) is 30.2 Å². The van der Waals surface area contributed by atoms with E-state index in [0.29, 0.717) is 55.8 Å². The molecule has 2 N–H and O–H groups in total. The monoisotopic (exact) mass is 589 g/mol. The summed E-state index contributed by atoms with van der Waals surface area (Å²) in [6.45, 7) is 5.85. The maximum absolute atomic E-state index is 13.4. The molecule has 1 aromatic carbocycles. The van der Waals surface area contributed by atoms with E-state index < -0.39 is 23.6 Å². The van der Waals surface area contributed by atoms with Gasteiger partial charge in [-0.25, -0.2) is 15.0 Å². The van der Waals surface area contributed by atoms with Crippen LogP contribution in [-0.4, -0.2) is 87.0 Å². The van der Waals surface area contributed by atoms with Crippen LogP contribution in [-0.2, 0) is 17.5 Å². The summed E-state index contributed by atoms with van der Waals surface area (Å²) in [4.78, 5) is 43.9. The Labute approximate surface area is 238 Å². The SMILES string of the molecule is C[C@@H]1CCCN1Cc1sc(NC(=O)c2cnc(N3CCN(CC(=O)O)CC3)cn2)nc1-c1cccc(C(F)(F)F)c1. The molecule has 1 atom stereocenters. The second kappa shape index (κ2) is 12.1. The Morgan fingerprint density at radius 2 is 1.90 bits per heavy atom. The Balaban J connectivity index is 1.31. The van der Waals surface area contributed by atoms with Crippen molar-refractivity contribution in [3.63, 3.8) is 0 Å². The molecule has 5 rings (SSSR count). The number of benzene rings is 1. The molecule has 0 saturated carbocycles. The van der Waals surface area contributed by atoms with E-state index in [2.05, 4.69) is 32.1 Å². The number of carboxylic acids is 1. The summed E-state index contributed by atoms with van der Waals surface area (Å²) in [5.41, 5.74) is 0.0709. The number of nitrogens with one attached hydrogen (secondary N) is 1. The predicted molar refractivity (Wildman–Crippen MR) is 148 cm³/mol. The number of aliphatic carboxylic acids is 1. The number of rotatable bonds is 8. The number of piperazine rings is 1. The van der Waals surface area contributed by atoms with Gasteiger partial charge in [0.15, 0.2) is 5.13 Å². The first-order chi connectivity index (χ1) is 19.6. The molecule has 10 nitrogen and oxygen atoms in total. The van der Waals surface area contributed by atoms with E-state index >= 15 is 0 Å². The third-order valence-electron chi connectivity index (χ3n) is 7.34. The number of likely N-dealkylation sites (tertiary alicyclic amines) is 1. The average molecular weight is 590 g/mol. The fourth-order valence-corrected chi connectivity index (χ4v) is 6.09. The van der Waals surface area contributed by atoms with Gasteiger partial charge >= 0.3 is 12.1 Å². The number of hydrogen-bond donors (Lipinski definition) is 2. The molecule has 2 saturated heterocycles. The topological polar surface area (TPSA) is 115 Å². The highest BCUT2D eigenvalue weighted by atomic mass is 32.1. The zero-order valence-electron chi connectivity index (χ0n) is 22.4. The number of carbonyl (C=O) groups is 2. The van der Waals surface area contributed by atoms with E-state index in [4.69, 9.17) is 5.11 Å². The van der Waals surface area contributed by atoms with Crippen molar-refractivity contribution < 1.29 is 27.9 Å². The van der Waals surface area contributed by atoms with Crippen LogP contribution in [0.3, 0.4) is 0 Å². The number of carboxylic acid groups (broad SMARTS) is 1. The van der Waals surface area contributed by atoms with Gasteiger partial charge in [0.1, 0.15) is 11.5 Å². The molecule has 2 aromatic heterocycles. The minimum Gasteiger partial charge on any atom is -0.480 e. The maximum Gasteiger partial charge on any atom is 0.416 e. The third-order valence-corrected chi connectivity index (χ3v) is 8.30. The normalized spacial score (nSPS) is 18.5. The van der Waals surface area contributed by atoms with E-state index in [1.807, 2.05) is 9.80 Å². The van der Waals surface area contributed by atoms with E-state index in [1.165, 1.54) is 29.8 Å². The highest BCUT2D eigenvalue weighted by molar-refractivity contribution is 7.16. The average Bonchev–Trinajstić information content (AvgIpc) is 3.54. The van der Waals surface area contributed by atoms with Crippen molar-refractivity contribution >= 4 is 34.2 Å². The molecule has 4 heterocycles. The number of nitrogens with zero attached hydrogens (tertiary/aromatic N) is 6. The first kappa shape index (κ1) is 28.9. The van der Waals surface area contributed by atoms with Crippen molar-refractivity contribution in [3.05, 3.63) is 52.8 Å². The Kier molecular flexibility index (Phi) is 8.52. The molecular formula is C27H30F3N7O3S. The van der Waals surface area contributed by atoms with Crippen LogP contribution in [0, 0.1) is 0 Å². The molecule has 218 valence electrons. The molecule has 0 spiro atoms. The van der Waals surface area contributed by atoms with Crippen LogP contribution in [0.4, 0.5) is 24.1 Å². The van der Waals surface area contributed by atoms with Gasteiger partial charge in [0, 0.05) is 49.2 Å². The third kappa shape index (κ3) is 7.00. The Bertz CT molecular complexity index is 1390. The van der Waals surface area contributed by atoms with Crippen molar-refractivity contribution in [2.45, 2.75) is 38.5 Å². The molecule has 0 radical (unpaired) electrons. The van der Waals surface area contributed by atoms with Gasteiger partial charge in [-0.15, -0.1) is 0 Å². The molecule has 2 fully saturated rings. The lowest BCUT2D eigenvalue weighted by atomic mass is 10.1. The van der Waals surface area contributed by atoms with Crippen molar-refractivity contribution in [2.75, 3.05) is 49.5 Å². The van der Waals surface area contributed by atoms with Crippen LogP contribution in [0.15, 0.2) is 36.7 Å². The number of thiazole rings is 1. The summed E-state index contributed by atoms with van der Waals surface area (Å²) in [6.07, 6.45) is 0.479. The molecule has 2 aliphatic heterocycles. The first-order valence-electron chi connectivity index (χ1n) is 13.3. The van der Waals surface area contributed by atoms with Crippen LogP contribution in [0.25, 0.3) is 11.3 Å². The van der Waals surface area contributed by atoms with Gasteiger partial charge in [0.2, 0.25) is 0 Å². The quantitative estimate of drug-likeness (QED) is 0.402. The van der Waals surface area contributed by atoms with Crippen LogP contribution in [0.5, 0.6) is 0 Å². The number of aromatic nitrogens is 3. The predicted octanol–water partition coefficient (Wildman–Crippen LogP) is 4.06. The fourth-order valence-electron chi connectivity index (χ4n) is 5.08. The smallest absolute Gasteiger partial charge is 0.416 e. The number of hydrogen-bond acceptors (Lipinski definition) is 9. The van der Waals surface area contributed by atoms with Crippen molar-refractivity contribution in [3.8, 4) is 11.3 Å². The summed E-state index contributed by atoms with van der Waals surface area (Å²) in [7, 11) is 0. The number of amides is 1. The van der Waals surface area contributed by atoms with E-state index in [1.54, 1.807) is 6.07 Å². The number of halogens is 3. The Morgan fingerprint density at radius 3 is 2.54 bits per heavy atom. The highest BCUT2D eigenvalue weighted by Crippen LogP contribution is 2.37. The highest BCUT2D eigenvalue weighted by Gasteiger charge is 2.31. The largest absolute Gasteiger partial charge is 0.480 e. The zero-order valence-corrected chi connectivity index (χ0v) is 23.2. The molecule has 1 amide bonds. The van der Waals surface area contributed by atoms with Gasteiger partial charge in [-0.1, -0.05) is 23.5 Å². The van der Waals surface area contributed by atoms with Gasteiger partial charge in [0.25, 0.3) is 5.91 Å². The summed E-state index contributed by atoms with van der Waals surface area (Å²) >= 11 is 1.24. The molecule has 3 aromatic rings. The van der Waals surface area contributed by atoms with Gasteiger partial charge < -0.3 is 10.0 Å². The molecule has 0 bridgehead atoms. The minimum atomic E-state index is -4.48. The summed E-state index contributed by atoms with van der Waals surface area (Å²) in [5.74, 6) is -0.811. The van der Waals surface area contributed by atoms with Gasteiger partial charge in [-0.05, 0) is 38.4 Å². The van der Waals surface area contributed by atoms with Gasteiger partial charge in [-0.2, -0.15) is 13.2 Å². The first-order valence-corrected chi connectivity index (χ1v) is 14.1. The fraction of sp³-hybridized carbons (Fsp3) is 0.444. The maximum atomic E-state index is 13.4. The standard InChI is InChI=1S/C27H30F3N7O3S/c1-17-4-3-7-37(17)15-21-24(18-5-2-6-19(12-18)27(28,29)30)33-26(41-21)34-25(40)20-13-32-22(14-31-20)36-10-8-35(9-11-36)16-23(38)39/h2,5-6,12-14,17H,3-4,7-11,15-16H2,1H3,(H,38,39)(H,33,34,40)/t17-/m1/s1. The van der Waals surface area contributed by atoms with Crippen molar-refractivity contribution in [1.82, 2.24) is 24.8 Å². The van der Waals surface area contributed by atoms with Crippen LogP contribution < -0.4 is 10.2 Å². The minimum absolute atomic E-state index is 0.0103. The molecular weight excluding hydrogens is 559 g/mol. The van der Waals surface area contributed by atoms with E-state index in [-0.39, 0.29) is 17.4 Å². The molecule has 0 aliphatic carbocycles. The lowest BCUT2D eigenvalue weighted by Crippen LogP contribution is -2.48. The molecule has 0 unspecified atom stereocenters. The van der Waals surface area contributed by atoms with Crippen molar-refractivity contribution in [2.24, 2.45) is 0 Å². The van der Waals surface area contributed by atoms with E-state index in [9.17, 15) is 22.8 Å². The summed E-state index contributed by atoms with van der Waals surface area (Å²) in [5, 5.41) is 12.0. The lowest BCUT2D eigenvalue weighted by Gasteiger charge is -2.34. The Morgan fingerprint density at radius 1 is 1.12 bits per heavy atom. The Hall–Kier alpha value is -3.62. The van der Waals surface area contributed by atoms with E-state index in [0.717, 1.165) is 36.4 Å². The van der Waals surface area contributed by atoms with Crippen LogP contribution >= 0.6 is 11.3 Å². The second-order valence-electron chi connectivity index (χ2n) is 10.2. The number of alkyl halides is 3. The van der Waals surface area contributed by atoms with Crippen LogP contribution in [0.2, 0.25) is 0 Å². The molecule has 2 aliphatic rings. The van der Waals surface area contributed by atoms with Crippen molar-refractivity contribution in [1.29, 1.82) is 0 Å². The lowest BCUT2D eigenvalue weighted by molar-refractivity contribution is -0.139.